The van der Waals surface area contributed by atoms with Crippen LogP contribution in [0, 0.1) is 0 Å². The van der Waals surface area contributed by atoms with Gasteiger partial charge in [-0.05, 0) is 40.5 Å². The van der Waals surface area contributed by atoms with E-state index in [2.05, 4.69) is 0 Å². The summed E-state index contributed by atoms with van der Waals surface area (Å²) in [7, 11) is 0. The molecule has 0 bridgehead atoms. The van der Waals surface area contributed by atoms with Crippen molar-refractivity contribution in [2.45, 2.75) is 57.8 Å². The summed E-state index contributed by atoms with van der Waals surface area (Å²) in [5.41, 5.74) is 3.98. The first-order valence-electron chi connectivity index (χ1n) is 6.09. The van der Waals surface area contributed by atoms with E-state index in [1.165, 1.54) is 0 Å². The van der Waals surface area contributed by atoms with Crippen LogP contribution < -0.4 is 5.73 Å². The molecule has 1 aliphatic rings. The summed E-state index contributed by atoms with van der Waals surface area (Å²) in [6.45, 7) is 7.91. The molecular formula is C12H24N2O3. The van der Waals surface area contributed by atoms with E-state index < -0.39 is 11.2 Å². The highest BCUT2D eigenvalue weighted by Crippen LogP contribution is 2.28. The molecule has 100 valence electrons. The largest absolute Gasteiger partial charge is 0.444 e. The minimum Gasteiger partial charge on any atom is -0.444 e. The van der Waals surface area contributed by atoms with Crippen molar-refractivity contribution in [1.82, 2.24) is 4.90 Å². The Morgan fingerprint density at radius 1 is 1.47 bits per heavy atom. The summed E-state index contributed by atoms with van der Waals surface area (Å²) in [5, 5.41) is 10.2. The van der Waals surface area contributed by atoms with Gasteiger partial charge in [-0.3, -0.25) is 0 Å². The Labute approximate surface area is 103 Å². The lowest BCUT2D eigenvalue weighted by Crippen LogP contribution is -2.54. The molecule has 0 saturated carbocycles. The molecular weight excluding hydrogens is 220 g/mol. The quantitative estimate of drug-likeness (QED) is 0.762. The minimum absolute atomic E-state index is 0.136. The highest BCUT2D eigenvalue weighted by atomic mass is 16.6. The van der Waals surface area contributed by atoms with Crippen molar-refractivity contribution in [3.63, 3.8) is 0 Å². The van der Waals surface area contributed by atoms with Crippen molar-refractivity contribution in [3.8, 4) is 0 Å². The third-order valence-corrected chi connectivity index (χ3v) is 3.01. The SMILES string of the molecule is CC(C)(C)OC(=O)N1CCC[C@@H]1[C@@](C)(O)CN. The molecule has 1 amide bonds. The van der Waals surface area contributed by atoms with Crippen LogP contribution in [0.2, 0.25) is 0 Å². The van der Waals surface area contributed by atoms with E-state index in [1.807, 2.05) is 20.8 Å². The summed E-state index contributed by atoms with van der Waals surface area (Å²) >= 11 is 0. The van der Waals surface area contributed by atoms with Gasteiger partial charge in [0.2, 0.25) is 0 Å². The Balaban J connectivity index is 2.73. The van der Waals surface area contributed by atoms with E-state index in [1.54, 1.807) is 11.8 Å². The molecule has 0 radical (unpaired) electrons. The van der Waals surface area contributed by atoms with E-state index in [0.29, 0.717) is 6.54 Å². The van der Waals surface area contributed by atoms with Crippen LogP contribution in [0.3, 0.4) is 0 Å². The first kappa shape index (κ1) is 14.3. The van der Waals surface area contributed by atoms with Crippen molar-refractivity contribution in [2.24, 2.45) is 5.73 Å². The number of likely N-dealkylation sites (tertiary alicyclic amines) is 1. The van der Waals surface area contributed by atoms with Crippen molar-refractivity contribution < 1.29 is 14.6 Å². The summed E-state index contributed by atoms with van der Waals surface area (Å²) in [4.78, 5) is 13.6. The number of nitrogens with zero attached hydrogens (tertiary/aromatic N) is 1. The Bertz CT molecular complexity index is 284. The molecule has 0 aliphatic carbocycles. The fourth-order valence-corrected chi connectivity index (χ4v) is 2.09. The van der Waals surface area contributed by atoms with Gasteiger partial charge in [-0.1, -0.05) is 0 Å². The van der Waals surface area contributed by atoms with Gasteiger partial charge in [0.05, 0.1) is 11.6 Å². The first-order chi connectivity index (χ1) is 7.67. The second kappa shape index (κ2) is 4.82. The lowest BCUT2D eigenvalue weighted by Gasteiger charge is -2.36. The Morgan fingerprint density at radius 3 is 2.53 bits per heavy atom. The van der Waals surface area contributed by atoms with Crippen molar-refractivity contribution in [3.05, 3.63) is 0 Å². The number of hydrogen-bond donors (Lipinski definition) is 2. The Kier molecular flexibility index (Phi) is 4.04. The van der Waals surface area contributed by atoms with Crippen LogP contribution in [0.25, 0.3) is 0 Å². The third-order valence-electron chi connectivity index (χ3n) is 3.01. The predicted molar refractivity (Wildman–Crippen MR) is 65.6 cm³/mol. The lowest BCUT2D eigenvalue weighted by molar-refractivity contribution is -0.0286. The molecule has 5 nitrogen and oxygen atoms in total. The average Bonchev–Trinajstić information content (AvgIpc) is 2.63. The zero-order valence-electron chi connectivity index (χ0n) is 11.2. The normalized spacial score (nSPS) is 24.6. The van der Waals surface area contributed by atoms with Crippen LogP contribution in [0.1, 0.15) is 40.5 Å². The summed E-state index contributed by atoms with van der Waals surface area (Å²) in [5.74, 6) is 0. The van der Waals surface area contributed by atoms with Crippen molar-refractivity contribution in [2.75, 3.05) is 13.1 Å². The molecule has 0 aromatic carbocycles. The number of nitrogens with two attached hydrogens (primary N) is 1. The van der Waals surface area contributed by atoms with Gasteiger partial charge in [-0.15, -0.1) is 0 Å². The number of amides is 1. The van der Waals surface area contributed by atoms with Gasteiger partial charge >= 0.3 is 6.09 Å². The molecule has 0 aromatic heterocycles. The Morgan fingerprint density at radius 2 is 2.06 bits per heavy atom. The van der Waals surface area contributed by atoms with Gasteiger partial charge in [-0.25, -0.2) is 4.79 Å². The number of carbonyl (C=O) groups excluding carboxylic acids is 1. The number of hydrogen-bond acceptors (Lipinski definition) is 4. The van der Waals surface area contributed by atoms with Gasteiger partial charge in [0.1, 0.15) is 5.60 Å². The van der Waals surface area contributed by atoms with Crippen molar-refractivity contribution >= 4 is 6.09 Å². The number of ether oxygens (including phenoxy) is 1. The molecule has 3 N–H and O–H groups in total. The highest BCUT2D eigenvalue weighted by molar-refractivity contribution is 5.69. The third kappa shape index (κ3) is 3.57. The highest BCUT2D eigenvalue weighted by Gasteiger charge is 2.42. The number of aliphatic hydroxyl groups is 1. The standard InChI is InChI=1S/C12H24N2O3/c1-11(2,3)17-10(15)14-7-5-6-9(14)12(4,16)8-13/h9,16H,5-8,13H2,1-4H3/t9-,12+/m1/s1. The summed E-state index contributed by atoms with van der Waals surface area (Å²) in [6.07, 6.45) is 1.28. The smallest absolute Gasteiger partial charge is 0.410 e. The maximum absolute atomic E-state index is 12.0. The zero-order valence-corrected chi connectivity index (χ0v) is 11.2. The van der Waals surface area contributed by atoms with Crippen LogP contribution in [0.4, 0.5) is 4.79 Å². The second-order valence-corrected chi connectivity index (χ2v) is 5.89. The number of rotatable bonds is 2. The zero-order chi connectivity index (χ0) is 13.3. The maximum atomic E-state index is 12.0. The summed E-state index contributed by atoms with van der Waals surface area (Å²) < 4.78 is 5.33. The molecule has 1 fully saturated rings. The predicted octanol–water partition coefficient (Wildman–Crippen LogP) is 1.10. The van der Waals surface area contributed by atoms with E-state index in [4.69, 9.17) is 10.5 Å². The minimum atomic E-state index is -1.05. The number of carbonyl (C=O) groups is 1. The van der Waals surface area contributed by atoms with E-state index >= 15 is 0 Å². The fraction of sp³-hybridized carbons (Fsp3) is 0.917. The molecule has 1 heterocycles. The van der Waals surface area contributed by atoms with Crippen LogP contribution >= 0.6 is 0 Å². The first-order valence-corrected chi connectivity index (χ1v) is 6.09. The molecule has 5 heteroatoms. The van der Waals surface area contributed by atoms with E-state index in [-0.39, 0.29) is 18.7 Å². The Hall–Kier alpha value is -0.810. The van der Waals surface area contributed by atoms with Crippen molar-refractivity contribution in [1.29, 1.82) is 0 Å². The lowest BCUT2D eigenvalue weighted by atomic mass is 9.94. The maximum Gasteiger partial charge on any atom is 0.410 e. The molecule has 2 atom stereocenters. The van der Waals surface area contributed by atoms with Gasteiger partial charge in [0.15, 0.2) is 0 Å². The van der Waals surface area contributed by atoms with E-state index in [0.717, 1.165) is 12.8 Å². The fourth-order valence-electron chi connectivity index (χ4n) is 2.09. The van der Waals surface area contributed by atoms with Crippen LogP contribution in [-0.4, -0.2) is 46.4 Å². The van der Waals surface area contributed by atoms with E-state index in [9.17, 15) is 9.90 Å². The van der Waals surface area contributed by atoms with Crippen LogP contribution in [0.15, 0.2) is 0 Å². The molecule has 0 aromatic rings. The molecule has 1 rings (SSSR count). The monoisotopic (exact) mass is 244 g/mol. The average molecular weight is 244 g/mol. The topological polar surface area (TPSA) is 75.8 Å². The molecule has 1 aliphatic heterocycles. The molecule has 17 heavy (non-hydrogen) atoms. The second-order valence-electron chi connectivity index (χ2n) is 5.89. The molecule has 1 saturated heterocycles. The van der Waals surface area contributed by atoms with Gasteiger partial charge < -0.3 is 20.5 Å². The molecule has 0 unspecified atom stereocenters. The van der Waals surface area contributed by atoms with Gasteiger partial charge in [0.25, 0.3) is 0 Å². The molecule has 0 spiro atoms. The van der Waals surface area contributed by atoms with Gasteiger partial charge in [-0.2, -0.15) is 0 Å². The van der Waals surface area contributed by atoms with Crippen LogP contribution in [-0.2, 0) is 4.74 Å². The van der Waals surface area contributed by atoms with Crippen LogP contribution in [0.5, 0.6) is 0 Å². The summed E-state index contributed by atoms with van der Waals surface area (Å²) in [6, 6.07) is -0.248. The van der Waals surface area contributed by atoms with Gasteiger partial charge in [0, 0.05) is 13.1 Å².